The van der Waals surface area contributed by atoms with E-state index in [0.717, 1.165) is 31.6 Å². The van der Waals surface area contributed by atoms with E-state index in [4.69, 9.17) is 0 Å². The number of piperidine rings is 1. The summed E-state index contributed by atoms with van der Waals surface area (Å²) in [6.45, 7) is 5.74. The fourth-order valence-electron chi connectivity index (χ4n) is 3.66. The van der Waals surface area contributed by atoms with E-state index in [1.54, 1.807) is 31.3 Å². The third-order valence-corrected chi connectivity index (χ3v) is 5.38. The Bertz CT molecular complexity index is 808. The number of aryl methyl sites for hydroxylation is 1. The van der Waals surface area contributed by atoms with Gasteiger partial charge in [0.2, 0.25) is 5.91 Å². The van der Waals surface area contributed by atoms with Crippen molar-refractivity contribution in [3.63, 3.8) is 0 Å². The van der Waals surface area contributed by atoms with E-state index >= 15 is 0 Å². The van der Waals surface area contributed by atoms with Crippen molar-refractivity contribution in [2.75, 3.05) is 25.5 Å². The fraction of sp³-hybridized carbons (Fsp3) is 0.450. The van der Waals surface area contributed by atoms with Crippen molar-refractivity contribution in [3.8, 4) is 0 Å². The number of hydrogen-bond acceptors (Lipinski definition) is 4. The molecule has 0 aliphatic carbocycles. The molecule has 1 atom stereocenters. The second-order valence-corrected chi connectivity index (χ2v) is 7.09. The summed E-state index contributed by atoms with van der Waals surface area (Å²) in [6, 6.07) is 6.76. The highest BCUT2D eigenvalue weighted by Crippen LogP contribution is 2.30. The van der Waals surface area contributed by atoms with Gasteiger partial charge in [0.1, 0.15) is 0 Å². The number of rotatable bonds is 5. The first-order valence-corrected chi connectivity index (χ1v) is 9.36. The molecule has 0 spiro atoms. The zero-order valence-electron chi connectivity index (χ0n) is 16.1. The highest BCUT2D eigenvalue weighted by Gasteiger charge is 2.28. The highest BCUT2D eigenvalue weighted by molar-refractivity contribution is 5.98. The van der Waals surface area contributed by atoms with Crippen LogP contribution in [-0.2, 0) is 4.79 Å². The molecule has 144 valence electrons. The van der Waals surface area contributed by atoms with E-state index in [1.807, 2.05) is 13.1 Å². The van der Waals surface area contributed by atoms with Crippen LogP contribution in [0.2, 0.25) is 0 Å². The molecule has 2 aromatic rings. The quantitative estimate of drug-likeness (QED) is 0.754. The van der Waals surface area contributed by atoms with Crippen LogP contribution in [0.4, 0.5) is 5.69 Å². The van der Waals surface area contributed by atoms with Crippen molar-refractivity contribution in [2.45, 2.75) is 38.6 Å². The molecule has 7 nitrogen and oxygen atoms in total. The highest BCUT2D eigenvalue weighted by atomic mass is 16.2. The number of nitrogens with one attached hydrogen (secondary N) is 3. The summed E-state index contributed by atoms with van der Waals surface area (Å²) in [5.74, 6) is 0.275. The summed E-state index contributed by atoms with van der Waals surface area (Å²) >= 11 is 0. The molecule has 1 aromatic carbocycles. The molecule has 2 heterocycles. The Morgan fingerprint density at radius 1 is 1.30 bits per heavy atom. The van der Waals surface area contributed by atoms with E-state index < -0.39 is 0 Å². The van der Waals surface area contributed by atoms with Crippen molar-refractivity contribution < 1.29 is 9.59 Å². The van der Waals surface area contributed by atoms with Crippen molar-refractivity contribution >= 4 is 17.5 Å². The van der Waals surface area contributed by atoms with Crippen LogP contribution in [0.1, 0.15) is 47.3 Å². The number of benzene rings is 1. The molecule has 3 N–H and O–H groups in total. The van der Waals surface area contributed by atoms with E-state index in [0.29, 0.717) is 17.2 Å². The molecule has 0 radical (unpaired) electrons. The lowest BCUT2D eigenvalue weighted by Gasteiger charge is -2.35. The van der Waals surface area contributed by atoms with E-state index in [1.165, 1.54) is 5.56 Å². The van der Waals surface area contributed by atoms with Gasteiger partial charge >= 0.3 is 0 Å². The Balaban J connectivity index is 1.57. The fourth-order valence-corrected chi connectivity index (χ4v) is 3.66. The number of nitrogens with zero attached hydrogens (tertiary/aromatic N) is 2. The van der Waals surface area contributed by atoms with Crippen LogP contribution in [-0.4, -0.2) is 53.1 Å². The second kappa shape index (κ2) is 8.35. The summed E-state index contributed by atoms with van der Waals surface area (Å²) in [7, 11) is 1.59. The maximum Gasteiger partial charge on any atom is 0.251 e. The molecule has 1 unspecified atom stereocenters. The summed E-state index contributed by atoms with van der Waals surface area (Å²) in [5.41, 5.74) is 3.59. The van der Waals surface area contributed by atoms with Crippen molar-refractivity contribution in [1.82, 2.24) is 20.4 Å². The lowest BCUT2D eigenvalue weighted by Crippen LogP contribution is -2.45. The summed E-state index contributed by atoms with van der Waals surface area (Å²) in [4.78, 5) is 26.6. The molecule has 1 aliphatic heterocycles. The van der Waals surface area contributed by atoms with Gasteiger partial charge in [-0.2, -0.15) is 5.10 Å². The van der Waals surface area contributed by atoms with E-state index in [2.05, 4.69) is 32.7 Å². The van der Waals surface area contributed by atoms with Gasteiger partial charge in [-0.25, -0.2) is 0 Å². The zero-order chi connectivity index (χ0) is 19.4. The lowest BCUT2D eigenvalue weighted by molar-refractivity contribution is -0.121. The van der Waals surface area contributed by atoms with Gasteiger partial charge < -0.3 is 10.6 Å². The SMILES string of the molecule is CNC(=O)c1cccc(NC(=O)C(C)N2CCC(c3cn[nH]c3C)CC2)c1. The van der Waals surface area contributed by atoms with Crippen LogP contribution in [0.3, 0.4) is 0 Å². The van der Waals surface area contributed by atoms with Crippen LogP contribution >= 0.6 is 0 Å². The largest absolute Gasteiger partial charge is 0.355 e. The summed E-state index contributed by atoms with van der Waals surface area (Å²) < 4.78 is 0. The zero-order valence-corrected chi connectivity index (χ0v) is 16.1. The molecule has 7 heteroatoms. The van der Waals surface area contributed by atoms with Gasteiger partial charge in [0.05, 0.1) is 12.2 Å². The van der Waals surface area contributed by atoms with Gasteiger partial charge in [-0.05, 0) is 69.5 Å². The Labute approximate surface area is 159 Å². The van der Waals surface area contributed by atoms with Crippen molar-refractivity contribution in [3.05, 3.63) is 47.3 Å². The molecular weight excluding hydrogens is 342 g/mol. The maximum absolute atomic E-state index is 12.7. The minimum atomic E-state index is -0.222. The van der Waals surface area contributed by atoms with Gasteiger partial charge in [-0.15, -0.1) is 0 Å². The molecule has 1 aliphatic rings. The third kappa shape index (κ3) is 4.36. The number of anilines is 1. The van der Waals surface area contributed by atoms with Crippen LogP contribution in [0, 0.1) is 6.92 Å². The minimum absolute atomic E-state index is 0.0537. The predicted octanol–water partition coefficient (Wildman–Crippen LogP) is 2.28. The third-order valence-electron chi connectivity index (χ3n) is 5.38. The molecule has 1 aromatic heterocycles. The average molecular weight is 369 g/mol. The van der Waals surface area contributed by atoms with E-state index in [9.17, 15) is 9.59 Å². The Morgan fingerprint density at radius 3 is 2.67 bits per heavy atom. The van der Waals surface area contributed by atoms with Gasteiger partial charge in [0.15, 0.2) is 0 Å². The predicted molar refractivity (Wildman–Crippen MR) is 105 cm³/mol. The van der Waals surface area contributed by atoms with Crippen LogP contribution in [0.25, 0.3) is 0 Å². The van der Waals surface area contributed by atoms with Crippen molar-refractivity contribution in [1.29, 1.82) is 0 Å². The molecule has 27 heavy (non-hydrogen) atoms. The van der Waals surface area contributed by atoms with Gasteiger partial charge in [0, 0.05) is 24.0 Å². The normalized spacial score (nSPS) is 16.7. The van der Waals surface area contributed by atoms with E-state index in [-0.39, 0.29) is 17.9 Å². The van der Waals surface area contributed by atoms with Gasteiger partial charge in [-0.1, -0.05) is 6.07 Å². The minimum Gasteiger partial charge on any atom is -0.355 e. The molecule has 3 rings (SSSR count). The molecule has 1 fully saturated rings. The van der Waals surface area contributed by atoms with Gasteiger partial charge in [0.25, 0.3) is 5.91 Å². The molecule has 1 saturated heterocycles. The monoisotopic (exact) mass is 369 g/mol. The molecule has 2 amide bonds. The maximum atomic E-state index is 12.7. The molecular formula is C20H27N5O2. The topological polar surface area (TPSA) is 90.1 Å². The number of likely N-dealkylation sites (tertiary alicyclic amines) is 1. The van der Waals surface area contributed by atoms with Crippen LogP contribution in [0.15, 0.2) is 30.5 Å². The number of aromatic amines is 1. The Morgan fingerprint density at radius 2 is 2.04 bits per heavy atom. The standard InChI is InChI=1S/C20H27N5O2/c1-13-18(12-22-24-13)15-7-9-25(10-8-15)14(2)19(26)23-17-6-4-5-16(11-17)20(27)21-3/h4-6,11-12,14-15H,7-10H2,1-3H3,(H,21,27)(H,22,24)(H,23,26). The number of hydrogen-bond donors (Lipinski definition) is 3. The molecule has 0 saturated carbocycles. The number of carbonyl (C=O) groups is 2. The second-order valence-electron chi connectivity index (χ2n) is 7.09. The van der Waals surface area contributed by atoms with Crippen LogP contribution in [0.5, 0.6) is 0 Å². The Hall–Kier alpha value is -2.67. The lowest BCUT2D eigenvalue weighted by atomic mass is 9.89. The number of aromatic nitrogens is 2. The van der Waals surface area contributed by atoms with Gasteiger partial charge in [-0.3, -0.25) is 19.6 Å². The summed E-state index contributed by atoms with van der Waals surface area (Å²) in [5, 5.41) is 12.6. The summed E-state index contributed by atoms with van der Waals surface area (Å²) in [6.07, 6.45) is 3.96. The first kappa shape index (κ1) is 19.1. The number of amides is 2. The van der Waals surface area contributed by atoms with Crippen LogP contribution < -0.4 is 10.6 Å². The van der Waals surface area contributed by atoms with Crippen molar-refractivity contribution in [2.24, 2.45) is 0 Å². The smallest absolute Gasteiger partial charge is 0.251 e. The number of carbonyl (C=O) groups excluding carboxylic acids is 2. The first-order chi connectivity index (χ1) is 13.0. The number of H-pyrrole nitrogens is 1. The molecule has 0 bridgehead atoms. The Kier molecular flexibility index (Phi) is 5.91. The average Bonchev–Trinajstić information content (AvgIpc) is 3.13. The first-order valence-electron chi connectivity index (χ1n) is 9.36.